The summed E-state index contributed by atoms with van der Waals surface area (Å²) >= 11 is 5.83. The zero-order valence-corrected chi connectivity index (χ0v) is 17.1. The topological polar surface area (TPSA) is 86.7 Å². The van der Waals surface area contributed by atoms with Crippen LogP contribution in [0.25, 0.3) is 0 Å². The van der Waals surface area contributed by atoms with Crippen molar-refractivity contribution >= 4 is 27.5 Å². The average Bonchev–Trinajstić information content (AvgIpc) is 3.17. The van der Waals surface area contributed by atoms with Crippen molar-refractivity contribution in [3.63, 3.8) is 0 Å². The minimum Gasteiger partial charge on any atom is -0.387 e. The molecule has 0 radical (unpaired) electrons. The number of benzene rings is 2. The van der Waals surface area contributed by atoms with Crippen LogP contribution in [0.5, 0.6) is 0 Å². The molecule has 3 rings (SSSR count). The van der Waals surface area contributed by atoms with Crippen LogP contribution < -0.4 is 5.32 Å². The van der Waals surface area contributed by atoms with Crippen molar-refractivity contribution in [2.75, 3.05) is 13.1 Å². The first-order valence-electron chi connectivity index (χ1n) is 9.09. The number of sulfonamides is 1. The fourth-order valence-corrected chi connectivity index (χ4v) is 5.04. The van der Waals surface area contributed by atoms with Crippen LogP contribution in [0.3, 0.4) is 0 Å². The molecule has 2 N–H and O–H groups in total. The SMILES string of the molecule is Cc1ccc(S(=O)(=O)N2CCC[C@H]2C(=O)NC[C@@H](O)c2ccc(Cl)cc2)cc1. The van der Waals surface area contributed by atoms with Crippen molar-refractivity contribution in [3.05, 3.63) is 64.7 Å². The Kier molecular flexibility index (Phi) is 6.40. The van der Waals surface area contributed by atoms with Crippen LogP contribution in [0.4, 0.5) is 0 Å². The number of carbonyl (C=O) groups excluding carboxylic acids is 1. The lowest BCUT2D eigenvalue weighted by Crippen LogP contribution is -2.46. The smallest absolute Gasteiger partial charge is 0.243 e. The summed E-state index contributed by atoms with van der Waals surface area (Å²) in [6, 6.07) is 12.5. The van der Waals surface area contributed by atoms with Gasteiger partial charge in [-0.05, 0) is 49.6 Å². The third-order valence-corrected chi connectivity index (χ3v) is 7.03. The van der Waals surface area contributed by atoms with Crippen molar-refractivity contribution in [1.29, 1.82) is 0 Å². The van der Waals surface area contributed by atoms with E-state index in [1.54, 1.807) is 48.5 Å². The summed E-state index contributed by atoms with van der Waals surface area (Å²) in [6.45, 7) is 2.18. The predicted octanol–water partition coefficient (Wildman–Crippen LogP) is 2.65. The lowest BCUT2D eigenvalue weighted by molar-refractivity contribution is -0.124. The van der Waals surface area contributed by atoms with Gasteiger partial charge in [0.25, 0.3) is 0 Å². The van der Waals surface area contributed by atoms with Crippen molar-refractivity contribution in [1.82, 2.24) is 9.62 Å². The van der Waals surface area contributed by atoms with Crippen LogP contribution in [0.15, 0.2) is 53.4 Å². The quantitative estimate of drug-likeness (QED) is 0.749. The number of hydrogen-bond acceptors (Lipinski definition) is 4. The number of aliphatic hydroxyl groups is 1. The van der Waals surface area contributed by atoms with Crippen LogP contribution >= 0.6 is 11.6 Å². The second kappa shape index (κ2) is 8.61. The lowest BCUT2D eigenvalue weighted by atomic mass is 10.1. The molecule has 1 aliphatic heterocycles. The molecule has 1 fully saturated rings. The van der Waals surface area contributed by atoms with Gasteiger partial charge in [0.2, 0.25) is 15.9 Å². The summed E-state index contributed by atoms with van der Waals surface area (Å²) in [4.78, 5) is 12.8. The van der Waals surface area contributed by atoms with Crippen LogP contribution in [-0.4, -0.2) is 42.9 Å². The Bertz CT molecular complexity index is 930. The van der Waals surface area contributed by atoms with Gasteiger partial charge in [-0.1, -0.05) is 41.4 Å². The van der Waals surface area contributed by atoms with E-state index in [2.05, 4.69) is 5.32 Å². The number of carbonyl (C=O) groups is 1. The largest absolute Gasteiger partial charge is 0.387 e. The molecule has 1 aliphatic rings. The van der Waals surface area contributed by atoms with Gasteiger partial charge in [0.1, 0.15) is 6.04 Å². The van der Waals surface area contributed by atoms with E-state index < -0.39 is 28.1 Å². The standard InChI is InChI=1S/C20H23ClN2O4S/c1-14-4-10-17(11-5-14)28(26,27)23-12-2-3-18(23)20(25)22-13-19(24)15-6-8-16(21)9-7-15/h4-11,18-19,24H,2-3,12-13H2,1H3,(H,22,25)/t18-,19+/m0/s1. The van der Waals surface area contributed by atoms with Gasteiger partial charge in [-0.2, -0.15) is 4.31 Å². The summed E-state index contributed by atoms with van der Waals surface area (Å²) in [5.41, 5.74) is 1.59. The highest BCUT2D eigenvalue weighted by Crippen LogP contribution is 2.26. The molecule has 2 aromatic rings. The van der Waals surface area contributed by atoms with Crippen molar-refractivity contribution in [2.45, 2.75) is 36.8 Å². The molecular formula is C20H23ClN2O4S. The van der Waals surface area contributed by atoms with Crippen LogP contribution in [0.1, 0.15) is 30.1 Å². The third-order valence-electron chi connectivity index (χ3n) is 4.86. The fourth-order valence-electron chi connectivity index (χ4n) is 3.25. The fraction of sp³-hybridized carbons (Fsp3) is 0.350. The van der Waals surface area contributed by atoms with Crippen molar-refractivity contribution < 1.29 is 18.3 Å². The maximum absolute atomic E-state index is 12.9. The molecule has 0 aromatic heterocycles. The summed E-state index contributed by atoms with van der Waals surface area (Å²) in [6.07, 6.45) is 0.168. The number of aryl methyl sites for hydroxylation is 1. The van der Waals surface area contributed by atoms with Gasteiger partial charge in [-0.15, -0.1) is 0 Å². The molecule has 0 bridgehead atoms. The van der Waals surface area contributed by atoms with Crippen molar-refractivity contribution in [2.24, 2.45) is 0 Å². The molecular weight excluding hydrogens is 400 g/mol. The molecule has 2 atom stereocenters. The van der Waals surface area contributed by atoms with Crippen LogP contribution in [0, 0.1) is 6.92 Å². The Labute approximate surface area is 170 Å². The molecule has 0 spiro atoms. The van der Waals surface area contributed by atoms with E-state index >= 15 is 0 Å². The number of aliphatic hydroxyl groups excluding tert-OH is 1. The Balaban J connectivity index is 1.67. The van der Waals surface area contributed by atoms with Crippen LogP contribution in [-0.2, 0) is 14.8 Å². The number of rotatable bonds is 6. The van der Waals surface area contributed by atoms with E-state index in [0.717, 1.165) is 5.56 Å². The highest BCUT2D eigenvalue weighted by molar-refractivity contribution is 7.89. The minimum absolute atomic E-state index is 0.00458. The Morgan fingerprint density at radius 2 is 1.86 bits per heavy atom. The van der Waals surface area contributed by atoms with Gasteiger partial charge in [0.05, 0.1) is 11.0 Å². The summed E-state index contributed by atoms with van der Waals surface area (Å²) in [5, 5.41) is 13.5. The summed E-state index contributed by atoms with van der Waals surface area (Å²) < 4.78 is 27.1. The van der Waals surface area contributed by atoms with E-state index in [0.29, 0.717) is 30.0 Å². The minimum atomic E-state index is -3.75. The monoisotopic (exact) mass is 422 g/mol. The number of halogens is 1. The molecule has 6 nitrogen and oxygen atoms in total. The van der Waals surface area contributed by atoms with E-state index in [-0.39, 0.29) is 11.4 Å². The maximum Gasteiger partial charge on any atom is 0.243 e. The highest BCUT2D eigenvalue weighted by Gasteiger charge is 2.39. The van der Waals surface area contributed by atoms with Gasteiger partial charge in [-0.25, -0.2) is 8.42 Å². The summed E-state index contributed by atoms with van der Waals surface area (Å²) in [5.74, 6) is -0.402. The van der Waals surface area contributed by atoms with E-state index in [4.69, 9.17) is 11.6 Å². The number of nitrogens with zero attached hydrogens (tertiary/aromatic N) is 1. The average molecular weight is 423 g/mol. The maximum atomic E-state index is 12.9. The molecule has 8 heteroatoms. The zero-order chi connectivity index (χ0) is 20.3. The second-order valence-corrected chi connectivity index (χ2v) is 9.23. The second-order valence-electron chi connectivity index (χ2n) is 6.90. The van der Waals surface area contributed by atoms with Gasteiger partial charge in [0.15, 0.2) is 0 Å². The van der Waals surface area contributed by atoms with E-state index in [1.165, 1.54) is 4.31 Å². The molecule has 28 heavy (non-hydrogen) atoms. The van der Waals surface area contributed by atoms with Crippen LogP contribution in [0.2, 0.25) is 5.02 Å². The first-order chi connectivity index (χ1) is 13.3. The lowest BCUT2D eigenvalue weighted by Gasteiger charge is -2.24. The Morgan fingerprint density at radius 3 is 2.50 bits per heavy atom. The zero-order valence-electron chi connectivity index (χ0n) is 15.5. The van der Waals surface area contributed by atoms with Gasteiger partial charge in [0, 0.05) is 18.1 Å². The van der Waals surface area contributed by atoms with Gasteiger partial charge in [-0.3, -0.25) is 4.79 Å². The summed E-state index contributed by atoms with van der Waals surface area (Å²) in [7, 11) is -3.75. The number of nitrogens with one attached hydrogen (secondary N) is 1. The van der Waals surface area contributed by atoms with Gasteiger partial charge >= 0.3 is 0 Å². The van der Waals surface area contributed by atoms with E-state index in [1.807, 2.05) is 6.92 Å². The molecule has 150 valence electrons. The third kappa shape index (κ3) is 4.55. The first kappa shape index (κ1) is 20.8. The number of hydrogen-bond donors (Lipinski definition) is 2. The Hall–Kier alpha value is -1.93. The molecule has 0 saturated carbocycles. The molecule has 1 amide bonds. The molecule has 1 saturated heterocycles. The van der Waals surface area contributed by atoms with Gasteiger partial charge < -0.3 is 10.4 Å². The Morgan fingerprint density at radius 1 is 1.21 bits per heavy atom. The van der Waals surface area contributed by atoms with Crippen molar-refractivity contribution in [3.8, 4) is 0 Å². The molecule has 0 aliphatic carbocycles. The van der Waals surface area contributed by atoms with E-state index in [9.17, 15) is 18.3 Å². The predicted molar refractivity (Wildman–Crippen MR) is 108 cm³/mol. The number of amides is 1. The highest BCUT2D eigenvalue weighted by atomic mass is 35.5. The normalized spacial score (nSPS) is 18.8. The molecule has 0 unspecified atom stereocenters. The first-order valence-corrected chi connectivity index (χ1v) is 10.9. The molecule has 1 heterocycles. The molecule has 2 aromatic carbocycles.